The van der Waals surface area contributed by atoms with E-state index in [0.29, 0.717) is 23.6 Å². The van der Waals surface area contributed by atoms with Crippen LogP contribution in [0.2, 0.25) is 0 Å². The maximum absolute atomic E-state index is 14.7. The second kappa shape index (κ2) is 15.4. The van der Waals surface area contributed by atoms with Gasteiger partial charge in [0.2, 0.25) is 5.91 Å². The Bertz CT molecular complexity index is 1340. The highest BCUT2D eigenvalue weighted by Crippen LogP contribution is 2.29. The Morgan fingerprint density at radius 1 is 0.814 bits per heavy atom. The lowest BCUT2D eigenvalue weighted by molar-refractivity contribution is -0.143. The minimum atomic E-state index is -0.962. The summed E-state index contributed by atoms with van der Waals surface area (Å²) in [6.07, 6.45) is 1.12. The summed E-state index contributed by atoms with van der Waals surface area (Å²) in [5.41, 5.74) is 2.43. The van der Waals surface area contributed by atoms with Crippen molar-refractivity contribution in [2.45, 2.75) is 91.5 Å². The van der Waals surface area contributed by atoms with Crippen molar-refractivity contribution < 1.29 is 19.1 Å². The molecule has 3 amide bonds. The van der Waals surface area contributed by atoms with Gasteiger partial charge in [-0.1, -0.05) is 92.7 Å². The third-order valence-corrected chi connectivity index (χ3v) is 7.21. The van der Waals surface area contributed by atoms with Crippen LogP contribution in [-0.4, -0.2) is 40.5 Å². The monoisotopic (exact) mass is 585 g/mol. The van der Waals surface area contributed by atoms with Crippen LogP contribution in [0.15, 0.2) is 84.9 Å². The van der Waals surface area contributed by atoms with Crippen LogP contribution in [0.25, 0.3) is 0 Å². The van der Waals surface area contributed by atoms with Gasteiger partial charge in [-0.05, 0) is 76.1 Å². The van der Waals surface area contributed by atoms with E-state index in [-0.39, 0.29) is 24.3 Å². The molecule has 3 unspecified atom stereocenters. The Balaban J connectivity index is 2.10. The molecule has 0 aromatic heterocycles. The summed E-state index contributed by atoms with van der Waals surface area (Å²) in [5.74, 6) is -0.254. The van der Waals surface area contributed by atoms with Gasteiger partial charge in [-0.3, -0.25) is 9.59 Å². The standard InChI is InChI=1S/C36H47N3O4/c1-25(2)22-23-27(4)39(32(29-19-12-9-13-20-29)33(40)37-30-21-15-14-16-26(30)3)34(41)31(24-28-17-10-8-11-18-28)38-35(42)43-36(5,6)7/h8-21,25,27,31-32H,22-24H2,1-7H3,(H,37,40)(H,38,42). The zero-order valence-electron chi connectivity index (χ0n) is 26.6. The van der Waals surface area contributed by atoms with Crippen molar-refractivity contribution in [1.29, 1.82) is 0 Å². The van der Waals surface area contributed by atoms with Crippen LogP contribution in [0.5, 0.6) is 0 Å². The third-order valence-electron chi connectivity index (χ3n) is 7.21. The maximum atomic E-state index is 14.7. The molecule has 3 atom stereocenters. The smallest absolute Gasteiger partial charge is 0.408 e. The van der Waals surface area contributed by atoms with E-state index >= 15 is 0 Å². The van der Waals surface area contributed by atoms with Crippen molar-refractivity contribution in [3.63, 3.8) is 0 Å². The van der Waals surface area contributed by atoms with Gasteiger partial charge in [0.25, 0.3) is 5.91 Å². The molecule has 0 aliphatic heterocycles. The molecule has 3 rings (SSSR count). The summed E-state index contributed by atoms with van der Waals surface area (Å²) in [6.45, 7) is 13.5. The first kappa shape index (κ1) is 33.4. The van der Waals surface area contributed by atoms with Crippen molar-refractivity contribution >= 4 is 23.6 Å². The fourth-order valence-electron chi connectivity index (χ4n) is 4.98. The summed E-state index contributed by atoms with van der Waals surface area (Å²) in [7, 11) is 0. The highest BCUT2D eigenvalue weighted by Gasteiger charge is 2.39. The highest BCUT2D eigenvalue weighted by molar-refractivity contribution is 5.99. The number of benzene rings is 3. The van der Waals surface area contributed by atoms with Gasteiger partial charge in [-0.2, -0.15) is 0 Å². The fourth-order valence-corrected chi connectivity index (χ4v) is 4.98. The number of para-hydroxylation sites is 1. The van der Waals surface area contributed by atoms with Crippen molar-refractivity contribution in [1.82, 2.24) is 10.2 Å². The lowest BCUT2D eigenvalue weighted by atomic mass is 9.96. The number of carbonyl (C=O) groups is 3. The Hall–Kier alpha value is -4.13. The Morgan fingerprint density at radius 3 is 1.98 bits per heavy atom. The minimum Gasteiger partial charge on any atom is -0.444 e. The Kier molecular flexibility index (Phi) is 11.9. The first-order valence-electron chi connectivity index (χ1n) is 15.1. The summed E-state index contributed by atoms with van der Waals surface area (Å²) in [5, 5.41) is 5.92. The van der Waals surface area contributed by atoms with E-state index in [2.05, 4.69) is 24.5 Å². The molecule has 43 heavy (non-hydrogen) atoms. The normalized spacial score (nSPS) is 13.5. The number of anilines is 1. The molecular formula is C36H47N3O4. The van der Waals surface area contributed by atoms with Crippen molar-refractivity contribution in [3.8, 4) is 0 Å². The van der Waals surface area contributed by atoms with Crippen LogP contribution in [0.3, 0.4) is 0 Å². The number of amides is 3. The molecule has 7 nitrogen and oxygen atoms in total. The van der Waals surface area contributed by atoms with E-state index in [1.165, 1.54) is 0 Å². The van der Waals surface area contributed by atoms with E-state index in [1.807, 2.05) is 98.8 Å². The summed E-state index contributed by atoms with van der Waals surface area (Å²) >= 11 is 0. The minimum absolute atomic E-state index is 0.243. The summed E-state index contributed by atoms with van der Waals surface area (Å²) < 4.78 is 5.56. The molecule has 7 heteroatoms. The number of nitrogens with zero attached hydrogens (tertiary/aromatic N) is 1. The van der Waals surface area contributed by atoms with E-state index < -0.39 is 23.8 Å². The molecule has 0 saturated heterocycles. The molecule has 0 fully saturated rings. The second-order valence-corrected chi connectivity index (χ2v) is 12.6. The topological polar surface area (TPSA) is 87.7 Å². The molecule has 230 valence electrons. The largest absolute Gasteiger partial charge is 0.444 e. The van der Waals surface area contributed by atoms with Crippen molar-refractivity contribution in [3.05, 3.63) is 102 Å². The van der Waals surface area contributed by atoms with E-state index in [0.717, 1.165) is 17.5 Å². The average molecular weight is 586 g/mol. The van der Waals surface area contributed by atoms with Crippen LogP contribution in [-0.2, 0) is 20.7 Å². The van der Waals surface area contributed by atoms with Crippen LogP contribution in [0.1, 0.15) is 77.1 Å². The van der Waals surface area contributed by atoms with Crippen molar-refractivity contribution in [2.75, 3.05) is 5.32 Å². The first-order valence-corrected chi connectivity index (χ1v) is 15.1. The van der Waals surface area contributed by atoms with Crippen LogP contribution in [0.4, 0.5) is 10.5 Å². The zero-order chi connectivity index (χ0) is 31.6. The molecule has 2 N–H and O–H groups in total. The predicted molar refractivity (Wildman–Crippen MR) is 173 cm³/mol. The number of rotatable bonds is 12. The van der Waals surface area contributed by atoms with Gasteiger partial charge in [-0.25, -0.2) is 4.79 Å². The molecular weight excluding hydrogens is 538 g/mol. The molecule has 0 radical (unpaired) electrons. The highest BCUT2D eigenvalue weighted by atomic mass is 16.6. The number of nitrogens with one attached hydrogen (secondary N) is 2. The van der Waals surface area contributed by atoms with Gasteiger partial charge in [0, 0.05) is 18.2 Å². The van der Waals surface area contributed by atoms with Crippen LogP contribution < -0.4 is 10.6 Å². The molecule has 0 aliphatic rings. The molecule has 3 aromatic carbocycles. The number of hydrogen-bond donors (Lipinski definition) is 2. The zero-order valence-corrected chi connectivity index (χ0v) is 26.6. The average Bonchev–Trinajstić information content (AvgIpc) is 2.95. The maximum Gasteiger partial charge on any atom is 0.408 e. The number of carbonyl (C=O) groups excluding carboxylic acids is 3. The van der Waals surface area contributed by atoms with Gasteiger partial charge < -0.3 is 20.3 Å². The lowest BCUT2D eigenvalue weighted by Crippen LogP contribution is -2.55. The van der Waals surface area contributed by atoms with Gasteiger partial charge >= 0.3 is 6.09 Å². The van der Waals surface area contributed by atoms with Gasteiger partial charge in [0.15, 0.2) is 0 Å². The number of hydrogen-bond acceptors (Lipinski definition) is 4. The molecule has 0 heterocycles. The number of alkyl carbamates (subject to hydrolysis) is 1. The van der Waals surface area contributed by atoms with E-state index in [9.17, 15) is 14.4 Å². The van der Waals surface area contributed by atoms with Gasteiger partial charge in [0.05, 0.1) is 0 Å². The molecule has 3 aromatic rings. The summed E-state index contributed by atoms with van der Waals surface area (Å²) in [6, 6.07) is 24.3. The fraction of sp³-hybridized carbons (Fsp3) is 0.417. The Morgan fingerprint density at radius 2 is 1.40 bits per heavy atom. The molecule has 0 aliphatic carbocycles. The predicted octanol–water partition coefficient (Wildman–Crippen LogP) is 7.46. The summed E-state index contributed by atoms with van der Waals surface area (Å²) in [4.78, 5) is 43.7. The van der Waals surface area contributed by atoms with Crippen LogP contribution in [0, 0.1) is 12.8 Å². The third kappa shape index (κ3) is 10.3. The van der Waals surface area contributed by atoms with E-state index in [1.54, 1.807) is 25.7 Å². The SMILES string of the molecule is Cc1ccccc1NC(=O)C(c1ccccc1)N(C(=O)C(Cc1ccccc1)NC(=O)OC(C)(C)C)C(C)CCC(C)C. The molecule has 0 saturated carbocycles. The molecule has 0 spiro atoms. The Labute approximate surface area is 257 Å². The lowest BCUT2D eigenvalue weighted by Gasteiger charge is -2.39. The number of aryl methyl sites for hydroxylation is 1. The van der Waals surface area contributed by atoms with Crippen molar-refractivity contribution in [2.24, 2.45) is 5.92 Å². The quantitative estimate of drug-likeness (QED) is 0.231. The van der Waals surface area contributed by atoms with E-state index in [4.69, 9.17) is 4.74 Å². The second-order valence-electron chi connectivity index (χ2n) is 12.6. The van der Waals surface area contributed by atoms with Gasteiger partial charge in [0.1, 0.15) is 17.7 Å². The van der Waals surface area contributed by atoms with Gasteiger partial charge in [-0.15, -0.1) is 0 Å². The molecule has 0 bridgehead atoms. The number of ether oxygens (including phenoxy) is 1. The first-order chi connectivity index (χ1) is 20.4. The van der Waals surface area contributed by atoms with Crippen LogP contribution >= 0.6 is 0 Å².